The van der Waals surface area contributed by atoms with Crippen molar-refractivity contribution in [1.82, 2.24) is 8.61 Å². The minimum atomic E-state index is -3.53. The highest BCUT2D eigenvalue weighted by Crippen LogP contribution is 2.28. The van der Waals surface area contributed by atoms with Crippen LogP contribution < -0.4 is 0 Å². The molecule has 8 nitrogen and oxygen atoms in total. The second kappa shape index (κ2) is 9.81. The lowest BCUT2D eigenvalue weighted by Crippen LogP contribution is -2.53. The summed E-state index contributed by atoms with van der Waals surface area (Å²) < 4.78 is 65.2. The van der Waals surface area contributed by atoms with Crippen molar-refractivity contribution in [2.45, 2.75) is 48.6 Å². The van der Waals surface area contributed by atoms with E-state index in [-0.39, 0.29) is 41.9 Å². The quantitative estimate of drug-likeness (QED) is 0.372. The number of aryl methyl sites for hydroxylation is 2. The summed E-state index contributed by atoms with van der Waals surface area (Å²) in [6, 6.07) is 13.2. The molecule has 0 bridgehead atoms. The topological polar surface area (TPSA) is 93.2 Å². The Hall–Kier alpha value is -1.82. The molecule has 33 heavy (non-hydrogen) atoms. The molecule has 2 aromatic rings. The molecular formula is C23H30N2O6S2. The molecule has 0 unspecified atom stereocenters. The predicted octanol–water partition coefficient (Wildman–Crippen LogP) is 2.52. The predicted molar refractivity (Wildman–Crippen MR) is 124 cm³/mol. The van der Waals surface area contributed by atoms with Crippen LogP contribution in [0.5, 0.6) is 0 Å². The minimum absolute atomic E-state index is 0.0101. The van der Waals surface area contributed by atoms with Gasteiger partial charge in [0.25, 0.3) is 0 Å². The van der Waals surface area contributed by atoms with Crippen LogP contribution in [0, 0.1) is 13.8 Å². The molecule has 2 atom stereocenters. The third-order valence-corrected chi connectivity index (χ3v) is 10.2. The zero-order valence-corrected chi connectivity index (χ0v) is 20.5. The van der Waals surface area contributed by atoms with Crippen LogP contribution in [-0.2, 0) is 29.5 Å². The standard InChI is InChI=1S/C23H30N2O6S2/c1-18-3-7-22(8-4-18)32(26,27)24-13-11-20(24)15-30-17-31-16-21-12-14-25(21)33(28,29)23-9-5-19(2)6-10-23/h3-10,20-21H,11-17H2,1-2H3/t20-,21-/m0/s1. The molecule has 180 valence electrons. The Bertz CT molecular complexity index is 1070. The molecule has 0 N–H and O–H groups in total. The lowest BCUT2D eigenvalue weighted by Gasteiger charge is -2.40. The molecule has 2 aromatic carbocycles. The molecular weight excluding hydrogens is 464 g/mol. The van der Waals surface area contributed by atoms with Crippen molar-refractivity contribution in [3.05, 3.63) is 59.7 Å². The van der Waals surface area contributed by atoms with E-state index in [9.17, 15) is 16.8 Å². The van der Waals surface area contributed by atoms with Gasteiger partial charge < -0.3 is 9.47 Å². The number of rotatable bonds is 10. The van der Waals surface area contributed by atoms with E-state index in [0.717, 1.165) is 24.0 Å². The van der Waals surface area contributed by atoms with Crippen LogP contribution >= 0.6 is 0 Å². The van der Waals surface area contributed by atoms with Gasteiger partial charge in [-0.25, -0.2) is 16.8 Å². The Balaban J connectivity index is 1.22. The molecule has 2 aliphatic rings. The van der Waals surface area contributed by atoms with Gasteiger partial charge in [0, 0.05) is 25.2 Å². The van der Waals surface area contributed by atoms with E-state index in [1.54, 1.807) is 48.5 Å². The summed E-state index contributed by atoms with van der Waals surface area (Å²) in [5.74, 6) is 0. The van der Waals surface area contributed by atoms with Gasteiger partial charge in [-0.3, -0.25) is 0 Å². The van der Waals surface area contributed by atoms with Crippen molar-refractivity contribution in [3.8, 4) is 0 Å². The Kier molecular flexibility index (Phi) is 7.23. The van der Waals surface area contributed by atoms with Crippen LogP contribution in [-0.4, -0.2) is 70.6 Å². The zero-order chi connectivity index (χ0) is 23.6. The van der Waals surface area contributed by atoms with Crippen LogP contribution in [0.2, 0.25) is 0 Å². The number of nitrogens with zero attached hydrogens (tertiary/aromatic N) is 2. The summed E-state index contributed by atoms with van der Waals surface area (Å²) in [7, 11) is -7.07. The van der Waals surface area contributed by atoms with Crippen LogP contribution in [0.25, 0.3) is 0 Å². The van der Waals surface area contributed by atoms with E-state index < -0.39 is 20.0 Å². The summed E-state index contributed by atoms with van der Waals surface area (Å²) in [4.78, 5) is 0.572. The molecule has 0 radical (unpaired) electrons. The molecule has 2 aliphatic heterocycles. The van der Waals surface area contributed by atoms with E-state index >= 15 is 0 Å². The Morgan fingerprint density at radius 1 is 0.697 bits per heavy atom. The van der Waals surface area contributed by atoms with E-state index in [0.29, 0.717) is 13.1 Å². The third kappa shape index (κ3) is 5.16. The summed E-state index contributed by atoms with van der Waals surface area (Å²) in [6.07, 6.45) is 1.46. The number of hydrogen-bond donors (Lipinski definition) is 0. The van der Waals surface area contributed by atoms with Crippen molar-refractivity contribution in [2.24, 2.45) is 0 Å². The van der Waals surface area contributed by atoms with Gasteiger partial charge in [-0.15, -0.1) is 0 Å². The highest BCUT2D eigenvalue weighted by Gasteiger charge is 2.39. The molecule has 2 heterocycles. The maximum absolute atomic E-state index is 12.8. The maximum atomic E-state index is 12.8. The van der Waals surface area contributed by atoms with Crippen LogP contribution in [0.3, 0.4) is 0 Å². The third-order valence-electron chi connectivity index (χ3n) is 6.22. The minimum Gasteiger partial charge on any atom is -0.354 e. The van der Waals surface area contributed by atoms with Gasteiger partial charge in [-0.05, 0) is 51.0 Å². The second-order valence-electron chi connectivity index (χ2n) is 8.60. The van der Waals surface area contributed by atoms with Gasteiger partial charge in [0.15, 0.2) is 0 Å². The molecule has 0 aliphatic carbocycles. The van der Waals surface area contributed by atoms with Gasteiger partial charge in [-0.2, -0.15) is 8.61 Å². The monoisotopic (exact) mass is 494 g/mol. The normalized spacial score (nSPS) is 22.0. The average molecular weight is 495 g/mol. The van der Waals surface area contributed by atoms with Crippen LogP contribution in [0.1, 0.15) is 24.0 Å². The molecule has 4 rings (SSSR count). The van der Waals surface area contributed by atoms with Crippen LogP contribution in [0.4, 0.5) is 0 Å². The van der Waals surface area contributed by atoms with Gasteiger partial charge in [0.2, 0.25) is 20.0 Å². The average Bonchev–Trinajstić information content (AvgIpc) is 2.71. The fraction of sp³-hybridized carbons (Fsp3) is 0.478. The highest BCUT2D eigenvalue weighted by molar-refractivity contribution is 7.89. The van der Waals surface area contributed by atoms with Crippen molar-refractivity contribution in [3.63, 3.8) is 0 Å². The van der Waals surface area contributed by atoms with E-state index in [1.165, 1.54) is 8.61 Å². The van der Waals surface area contributed by atoms with Gasteiger partial charge in [0.1, 0.15) is 6.79 Å². The molecule has 0 amide bonds. The van der Waals surface area contributed by atoms with E-state index in [4.69, 9.17) is 9.47 Å². The van der Waals surface area contributed by atoms with E-state index in [1.807, 2.05) is 13.8 Å². The van der Waals surface area contributed by atoms with Crippen molar-refractivity contribution < 1.29 is 26.3 Å². The molecule has 0 spiro atoms. The smallest absolute Gasteiger partial charge is 0.243 e. The first kappa shape index (κ1) is 24.3. The molecule has 0 aromatic heterocycles. The van der Waals surface area contributed by atoms with Crippen molar-refractivity contribution in [1.29, 1.82) is 0 Å². The van der Waals surface area contributed by atoms with Crippen molar-refractivity contribution in [2.75, 3.05) is 33.1 Å². The Labute approximate surface area is 196 Å². The number of hydrogen-bond acceptors (Lipinski definition) is 6. The van der Waals surface area contributed by atoms with Gasteiger partial charge in [-0.1, -0.05) is 35.4 Å². The number of benzene rings is 2. The number of ether oxygens (including phenoxy) is 2. The van der Waals surface area contributed by atoms with Gasteiger partial charge >= 0.3 is 0 Å². The van der Waals surface area contributed by atoms with E-state index in [2.05, 4.69) is 0 Å². The van der Waals surface area contributed by atoms with Gasteiger partial charge in [0.05, 0.1) is 23.0 Å². The maximum Gasteiger partial charge on any atom is 0.243 e. The van der Waals surface area contributed by atoms with Crippen LogP contribution in [0.15, 0.2) is 58.3 Å². The Morgan fingerprint density at radius 3 is 1.36 bits per heavy atom. The molecule has 2 fully saturated rings. The molecule has 0 saturated carbocycles. The number of sulfonamides is 2. The first-order chi connectivity index (χ1) is 15.7. The summed E-state index contributed by atoms with van der Waals surface area (Å²) in [5, 5.41) is 0. The summed E-state index contributed by atoms with van der Waals surface area (Å²) in [6.45, 7) is 5.24. The second-order valence-corrected chi connectivity index (χ2v) is 12.4. The first-order valence-electron chi connectivity index (χ1n) is 11.0. The SMILES string of the molecule is Cc1ccc(S(=O)(=O)N2CC[C@H]2COCOC[C@@H]2CCN2S(=O)(=O)c2ccc(C)cc2)cc1. The Morgan fingerprint density at radius 2 is 1.06 bits per heavy atom. The zero-order valence-electron chi connectivity index (χ0n) is 18.9. The first-order valence-corrected chi connectivity index (χ1v) is 13.9. The fourth-order valence-electron chi connectivity index (χ4n) is 3.92. The fourth-order valence-corrected chi connectivity index (χ4v) is 7.23. The largest absolute Gasteiger partial charge is 0.354 e. The molecule has 2 saturated heterocycles. The molecule has 10 heteroatoms. The summed E-state index contributed by atoms with van der Waals surface area (Å²) >= 11 is 0. The lowest BCUT2D eigenvalue weighted by molar-refractivity contribution is -0.0891. The van der Waals surface area contributed by atoms with Crippen molar-refractivity contribution >= 4 is 20.0 Å². The lowest BCUT2D eigenvalue weighted by atomic mass is 10.1. The highest BCUT2D eigenvalue weighted by atomic mass is 32.2. The summed E-state index contributed by atoms with van der Waals surface area (Å²) in [5.41, 5.74) is 2.01.